The molecule has 0 aromatic heterocycles. The molecule has 0 aliphatic carbocycles. The second kappa shape index (κ2) is 40.2. The van der Waals surface area contributed by atoms with Crippen molar-refractivity contribution in [3.05, 3.63) is 35.1 Å². The van der Waals surface area contributed by atoms with E-state index in [4.69, 9.17) is 33.2 Å². The third-order valence-corrected chi connectivity index (χ3v) is 14.6. The van der Waals surface area contributed by atoms with Gasteiger partial charge in [-0.2, -0.15) is 0 Å². The number of unbranched alkanes of at least 4 members (excludes halogenated alkanes) is 11. The molecule has 31 heteroatoms. The summed E-state index contributed by atoms with van der Waals surface area (Å²) in [7, 11) is 0. The summed E-state index contributed by atoms with van der Waals surface area (Å²) in [4.78, 5) is 63.0. The molecule has 0 aromatic rings. The maximum absolute atomic E-state index is 13.2. The van der Waals surface area contributed by atoms with Crippen LogP contribution in [0.1, 0.15) is 137 Å². The van der Waals surface area contributed by atoms with Crippen molar-refractivity contribution in [1.82, 2.24) is 26.6 Å². The van der Waals surface area contributed by atoms with Gasteiger partial charge in [-0.25, -0.2) is 0 Å². The van der Waals surface area contributed by atoms with Crippen molar-refractivity contribution >= 4 is 29.5 Å². The van der Waals surface area contributed by atoms with Crippen molar-refractivity contribution in [2.75, 3.05) is 33.0 Å². The van der Waals surface area contributed by atoms with E-state index in [1.54, 1.807) is 0 Å². The minimum Gasteiger partial charge on any atom is -0.508 e. The van der Waals surface area contributed by atoms with Gasteiger partial charge < -0.3 is 131 Å². The van der Waals surface area contributed by atoms with Crippen molar-refractivity contribution < 1.29 is 129 Å². The molecule has 31 nitrogen and oxygen atoms in total. The topological polar surface area (TPSA) is 493 Å². The van der Waals surface area contributed by atoms with Gasteiger partial charge in [-0.1, -0.05) is 70.4 Å². The number of carbonyl (C=O) groups excluding carboxylic acids is 5. The Morgan fingerprint density at radius 2 is 0.954 bits per heavy atom. The van der Waals surface area contributed by atoms with Crippen LogP contribution in [0, 0.1) is 0 Å². The molecule has 3 saturated heterocycles. The number of aliphatic hydroxyl groups excluding tert-OH is 14. The summed E-state index contributed by atoms with van der Waals surface area (Å²) in [5.74, 6) is -6.30. The van der Waals surface area contributed by atoms with Crippen LogP contribution in [0.5, 0.6) is 0 Å². The van der Waals surface area contributed by atoms with E-state index in [9.17, 15) is 95.5 Å². The van der Waals surface area contributed by atoms with Crippen LogP contribution in [-0.2, 0) is 57.1 Å². The maximum Gasteiger partial charge on any atom is 0.224 e. The molecule has 3 rings (SSSR count). The zero-order chi connectivity index (χ0) is 64.9. The number of allylic oxidation sites excluding steroid dienone is 2. The number of rotatable bonds is 39. The first-order chi connectivity index (χ1) is 41.4. The van der Waals surface area contributed by atoms with E-state index in [0.29, 0.717) is 12.8 Å². The van der Waals surface area contributed by atoms with Crippen molar-refractivity contribution in [2.24, 2.45) is 0 Å². The first kappa shape index (κ1) is 76.7. The van der Waals surface area contributed by atoms with Gasteiger partial charge in [0.1, 0.15) is 108 Å². The highest BCUT2D eigenvalue weighted by Gasteiger charge is 2.55. The molecule has 0 radical (unpaired) electrons. The smallest absolute Gasteiger partial charge is 0.224 e. The van der Waals surface area contributed by atoms with E-state index < -0.39 is 215 Å². The molecule has 0 saturated carbocycles. The number of hydrogen-bond donors (Lipinski definition) is 19. The second-order valence-corrected chi connectivity index (χ2v) is 21.7. The van der Waals surface area contributed by atoms with Gasteiger partial charge in [-0.15, -0.1) is 0 Å². The Morgan fingerprint density at radius 3 is 1.44 bits per heavy atom. The van der Waals surface area contributed by atoms with Crippen LogP contribution in [0.2, 0.25) is 0 Å². The Morgan fingerprint density at radius 1 is 0.517 bits per heavy atom. The van der Waals surface area contributed by atoms with Crippen LogP contribution in [0.25, 0.3) is 0 Å². The second-order valence-electron chi connectivity index (χ2n) is 21.7. The van der Waals surface area contributed by atoms with Crippen molar-refractivity contribution in [3.8, 4) is 0 Å². The zero-order valence-electron chi connectivity index (χ0n) is 50.1. The SMILES string of the molecule is CCCCCC/C=C\CCCCCCCCCC(=O)N/C(=C(/O)C(O)CCO)C(O)OC(CCO)/C(O)=C(/NC(C)=O)C(O)OC1C(CO)OC(OC2C(CO)OC(OC3C(CO)OC(O)C(NC(C)=O)C3O)C(NC(C)=O)C2O)C(NC(C)=O)C1O. The van der Waals surface area contributed by atoms with Gasteiger partial charge in [0.25, 0.3) is 0 Å². The van der Waals surface area contributed by atoms with Crippen LogP contribution in [0.3, 0.4) is 0 Å². The predicted octanol–water partition coefficient (Wildman–Crippen LogP) is -3.14. The lowest BCUT2D eigenvalue weighted by atomic mass is 9.93. The first-order valence-corrected chi connectivity index (χ1v) is 29.7. The highest BCUT2D eigenvalue weighted by atomic mass is 16.7. The van der Waals surface area contributed by atoms with E-state index in [2.05, 4.69) is 45.7 Å². The normalized spacial score (nSPS) is 29.6. The number of aliphatic hydroxyl groups is 14. The van der Waals surface area contributed by atoms with E-state index >= 15 is 0 Å². The summed E-state index contributed by atoms with van der Waals surface area (Å²) in [6.07, 6.45) is -14.6. The van der Waals surface area contributed by atoms with Crippen molar-refractivity contribution in [2.45, 2.75) is 254 Å². The highest BCUT2D eigenvalue weighted by molar-refractivity contribution is 5.78. The Hall–Kier alpha value is -4.59. The molecule has 3 heterocycles. The largest absolute Gasteiger partial charge is 0.508 e. The van der Waals surface area contributed by atoms with Crippen LogP contribution in [0.15, 0.2) is 35.1 Å². The monoisotopic (exact) mass is 1260 g/mol. The van der Waals surface area contributed by atoms with Crippen LogP contribution < -0.4 is 26.6 Å². The van der Waals surface area contributed by atoms with Gasteiger partial charge in [0, 0.05) is 60.2 Å². The Bertz CT molecular complexity index is 2180. The van der Waals surface area contributed by atoms with Gasteiger partial charge >= 0.3 is 0 Å². The molecule has 0 aromatic carbocycles. The number of hydrogen-bond acceptors (Lipinski definition) is 26. The lowest BCUT2D eigenvalue weighted by Crippen LogP contribution is -2.71. The summed E-state index contributed by atoms with van der Waals surface area (Å²) in [5, 5.41) is 164. The third-order valence-electron chi connectivity index (χ3n) is 14.6. The molecule has 19 atom stereocenters. The molecule has 19 N–H and O–H groups in total. The number of nitrogens with one attached hydrogen (secondary N) is 5. The summed E-state index contributed by atoms with van der Waals surface area (Å²) in [6, 6.07) is -5.02. The van der Waals surface area contributed by atoms with Crippen LogP contribution in [0.4, 0.5) is 0 Å². The maximum atomic E-state index is 13.2. The molecule has 87 heavy (non-hydrogen) atoms. The molecule has 3 fully saturated rings. The van der Waals surface area contributed by atoms with Gasteiger partial charge in [0.05, 0.1) is 19.8 Å². The van der Waals surface area contributed by atoms with Gasteiger partial charge in [0.2, 0.25) is 35.8 Å². The molecule has 0 bridgehead atoms. The van der Waals surface area contributed by atoms with Gasteiger partial charge in [0.15, 0.2) is 25.2 Å². The summed E-state index contributed by atoms with van der Waals surface area (Å²) in [6.45, 7) is 1.77. The average molecular weight is 1260 g/mol. The van der Waals surface area contributed by atoms with Gasteiger partial charge in [-0.3, -0.25) is 24.0 Å². The fourth-order valence-electron chi connectivity index (χ4n) is 10.1. The first-order valence-electron chi connectivity index (χ1n) is 29.7. The lowest BCUT2D eigenvalue weighted by Gasteiger charge is -2.50. The number of carbonyl (C=O) groups is 5. The molecule has 502 valence electrons. The average Bonchev–Trinajstić information content (AvgIpc) is 2.25. The van der Waals surface area contributed by atoms with Crippen molar-refractivity contribution in [3.63, 3.8) is 0 Å². The summed E-state index contributed by atoms with van der Waals surface area (Å²) < 4.78 is 40.6. The van der Waals surface area contributed by atoms with E-state index in [-0.39, 0.29) is 6.42 Å². The Labute approximate surface area is 505 Å². The van der Waals surface area contributed by atoms with E-state index in [1.807, 2.05) is 0 Å². The van der Waals surface area contributed by atoms with E-state index in [0.717, 1.165) is 72.6 Å². The molecular weight excluding hydrogens is 1160 g/mol. The molecule has 3 aliphatic heterocycles. The predicted molar refractivity (Wildman–Crippen MR) is 302 cm³/mol. The molecule has 0 spiro atoms. The van der Waals surface area contributed by atoms with Gasteiger partial charge in [-0.05, 0) is 32.1 Å². The fourth-order valence-corrected chi connectivity index (χ4v) is 10.1. The van der Waals surface area contributed by atoms with Crippen molar-refractivity contribution in [1.29, 1.82) is 0 Å². The van der Waals surface area contributed by atoms with Crippen LogP contribution in [-0.4, -0.2) is 251 Å². The molecule has 3 aliphatic rings. The Balaban J connectivity index is 1.85. The summed E-state index contributed by atoms with van der Waals surface area (Å²) in [5.41, 5.74) is -1.79. The highest BCUT2D eigenvalue weighted by Crippen LogP contribution is 2.34. The minimum atomic E-state index is -2.58. The van der Waals surface area contributed by atoms with E-state index in [1.165, 1.54) is 25.7 Å². The Kier molecular flexibility index (Phi) is 35.4. The quantitative estimate of drug-likeness (QED) is 0.0125. The standard InChI is InChI=1S/C56H97N5O26/c1-6-7-8-9-10-11-12-13-14-15-16-17-18-19-20-21-38(72)61-39(44(73)33(71)22-24-62)52(78)81-34(23-25-63)45(74)40(57-29(2)67)54(80)85-49-36(27-65)83-55(42(47(49)76)59-31(4)69)87-51-37(28-66)84-56(43(48(51)77)60-32(5)70)86-50-35(26-64)82-53(79)41(46(50)75)58-30(3)68/h11-12,33-37,41-43,46-56,62-66,71,73-80H,6-10,13-28H2,1-5H3,(H,57,67)(H,58,68)(H,59,69)(H,60,70)(H,61,72)/b12-11-,44-39+,45-40-. The van der Waals surface area contributed by atoms with Crippen LogP contribution >= 0.6 is 0 Å². The fraction of sp³-hybridized carbons (Fsp3) is 0.804. The molecule has 19 unspecified atom stereocenters. The minimum absolute atomic E-state index is 0.103. The number of amides is 5. The zero-order valence-corrected chi connectivity index (χ0v) is 50.1. The summed E-state index contributed by atoms with van der Waals surface area (Å²) >= 11 is 0. The lowest BCUT2D eigenvalue weighted by molar-refractivity contribution is -0.355. The molecular formula is C56H97N5O26. The number of ether oxygens (including phenoxy) is 7. The third kappa shape index (κ3) is 24.6. The molecule has 5 amide bonds.